The molecule has 30 heavy (non-hydrogen) atoms. The Labute approximate surface area is 174 Å². The zero-order valence-corrected chi connectivity index (χ0v) is 16.6. The Kier molecular flexibility index (Phi) is 5.66. The van der Waals surface area contributed by atoms with E-state index in [2.05, 4.69) is 22.8 Å². The Morgan fingerprint density at radius 1 is 0.900 bits per heavy atom. The summed E-state index contributed by atoms with van der Waals surface area (Å²) in [5.74, 6) is 0.531. The zero-order valence-electron chi connectivity index (χ0n) is 16.6. The van der Waals surface area contributed by atoms with Crippen molar-refractivity contribution >= 4 is 11.8 Å². The van der Waals surface area contributed by atoms with Gasteiger partial charge in [-0.3, -0.25) is 9.59 Å². The molecule has 0 bridgehead atoms. The third-order valence-electron chi connectivity index (χ3n) is 4.94. The zero-order chi connectivity index (χ0) is 20.9. The fourth-order valence-corrected chi connectivity index (χ4v) is 3.27. The molecular formula is C24H22N2O4. The second-order valence-electron chi connectivity index (χ2n) is 7.03. The molecule has 1 aliphatic heterocycles. The molecule has 0 saturated carbocycles. The first-order valence-corrected chi connectivity index (χ1v) is 9.73. The van der Waals surface area contributed by atoms with Crippen LogP contribution < -0.4 is 20.1 Å². The Bertz CT molecular complexity index is 1050. The fourth-order valence-electron chi connectivity index (χ4n) is 3.27. The molecule has 0 radical (unpaired) electrons. The molecule has 1 unspecified atom stereocenters. The van der Waals surface area contributed by atoms with Gasteiger partial charge in [-0.1, -0.05) is 54.6 Å². The Morgan fingerprint density at radius 3 is 2.37 bits per heavy atom. The van der Waals surface area contributed by atoms with E-state index in [1.807, 2.05) is 49.4 Å². The van der Waals surface area contributed by atoms with E-state index in [-0.39, 0.29) is 31.2 Å². The number of hydrogen-bond donors (Lipinski definition) is 2. The monoisotopic (exact) mass is 402 g/mol. The van der Waals surface area contributed by atoms with Crippen molar-refractivity contribution in [1.29, 1.82) is 0 Å². The number of fused-ring (bicyclic) bond motifs is 1. The van der Waals surface area contributed by atoms with Gasteiger partial charge in [0.05, 0.1) is 12.6 Å². The standard InChI is InChI=1S/C24H22N2O4/c1-16(17-7-9-19(10-8-17)18-5-3-2-4-6-18)26-23(27)14-25-24(28)20-11-12-21-22(13-20)30-15-29-21/h2-13,16H,14-15H2,1H3,(H,25,28)(H,26,27). The van der Waals surface area contributed by atoms with E-state index in [1.165, 1.54) is 0 Å². The van der Waals surface area contributed by atoms with Gasteiger partial charge in [0.1, 0.15) is 0 Å². The van der Waals surface area contributed by atoms with Gasteiger partial charge in [0.15, 0.2) is 11.5 Å². The van der Waals surface area contributed by atoms with Crippen molar-refractivity contribution < 1.29 is 19.1 Å². The number of carbonyl (C=O) groups is 2. The van der Waals surface area contributed by atoms with Gasteiger partial charge in [-0.15, -0.1) is 0 Å². The number of hydrogen-bond acceptors (Lipinski definition) is 4. The fraction of sp³-hybridized carbons (Fsp3) is 0.167. The van der Waals surface area contributed by atoms with Gasteiger partial charge in [0.25, 0.3) is 5.91 Å². The van der Waals surface area contributed by atoms with Crippen LogP contribution in [0.15, 0.2) is 72.8 Å². The highest BCUT2D eigenvalue weighted by atomic mass is 16.7. The molecule has 3 aromatic carbocycles. The molecule has 3 aromatic rings. The highest BCUT2D eigenvalue weighted by Crippen LogP contribution is 2.32. The smallest absolute Gasteiger partial charge is 0.251 e. The van der Waals surface area contributed by atoms with Crippen LogP contribution in [0.2, 0.25) is 0 Å². The van der Waals surface area contributed by atoms with E-state index in [4.69, 9.17) is 9.47 Å². The molecular weight excluding hydrogens is 380 g/mol. The van der Waals surface area contributed by atoms with Crippen LogP contribution in [0.3, 0.4) is 0 Å². The van der Waals surface area contributed by atoms with Gasteiger partial charge in [0, 0.05) is 5.56 Å². The molecule has 0 saturated heterocycles. The van der Waals surface area contributed by atoms with Gasteiger partial charge in [-0.25, -0.2) is 0 Å². The summed E-state index contributed by atoms with van der Waals surface area (Å²) in [5, 5.41) is 5.54. The first-order valence-electron chi connectivity index (χ1n) is 9.73. The summed E-state index contributed by atoms with van der Waals surface area (Å²) >= 11 is 0. The van der Waals surface area contributed by atoms with Gasteiger partial charge in [0.2, 0.25) is 12.7 Å². The number of rotatable bonds is 6. The second-order valence-corrected chi connectivity index (χ2v) is 7.03. The minimum Gasteiger partial charge on any atom is -0.454 e. The predicted molar refractivity (Wildman–Crippen MR) is 113 cm³/mol. The molecule has 1 atom stereocenters. The van der Waals surface area contributed by atoms with Crippen molar-refractivity contribution in [2.24, 2.45) is 0 Å². The number of amides is 2. The van der Waals surface area contributed by atoms with Gasteiger partial charge in [-0.05, 0) is 41.8 Å². The summed E-state index contributed by atoms with van der Waals surface area (Å²) in [4.78, 5) is 24.6. The van der Waals surface area contributed by atoms with Crippen molar-refractivity contribution in [3.63, 3.8) is 0 Å². The SMILES string of the molecule is CC(NC(=O)CNC(=O)c1ccc2c(c1)OCO2)c1ccc(-c2ccccc2)cc1. The topological polar surface area (TPSA) is 76.7 Å². The Balaban J connectivity index is 1.30. The predicted octanol–water partition coefficient (Wildman–Crippen LogP) is 3.69. The van der Waals surface area contributed by atoms with Crippen molar-refractivity contribution in [2.75, 3.05) is 13.3 Å². The minimum absolute atomic E-state index is 0.111. The van der Waals surface area contributed by atoms with Crippen LogP contribution in [0.5, 0.6) is 11.5 Å². The third-order valence-corrected chi connectivity index (χ3v) is 4.94. The molecule has 6 nitrogen and oxygen atoms in total. The summed E-state index contributed by atoms with van der Waals surface area (Å²) in [6.45, 7) is 1.95. The molecule has 152 valence electrons. The highest BCUT2D eigenvalue weighted by molar-refractivity contribution is 5.97. The van der Waals surface area contributed by atoms with Crippen molar-refractivity contribution in [3.05, 3.63) is 83.9 Å². The first kappa shape index (κ1) is 19.5. The number of benzene rings is 3. The molecule has 1 aliphatic rings. The van der Waals surface area contributed by atoms with E-state index in [1.54, 1.807) is 18.2 Å². The quantitative estimate of drug-likeness (QED) is 0.659. The minimum atomic E-state index is -0.344. The highest BCUT2D eigenvalue weighted by Gasteiger charge is 2.17. The summed E-state index contributed by atoms with van der Waals surface area (Å²) in [6.07, 6.45) is 0. The third kappa shape index (κ3) is 4.43. The van der Waals surface area contributed by atoms with Gasteiger partial charge in [-0.2, -0.15) is 0 Å². The molecule has 0 aliphatic carbocycles. The van der Waals surface area contributed by atoms with Crippen LogP contribution in [0, 0.1) is 0 Å². The maximum absolute atomic E-state index is 12.3. The van der Waals surface area contributed by atoms with E-state index < -0.39 is 0 Å². The summed E-state index contributed by atoms with van der Waals surface area (Å²) < 4.78 is 10.5. The summed E-state index contributed by atoms with van der Waals surface area (Å²) in [6, 6.07) is 22.9. The maximum Gasteiger partial charge on any atom is 0.251 e. The van der Waals surface area contributed by atoms with E-state index in [0.717, 1.165) is 16.7 Å². The van der Waals surface area contributed by atoms with Crippen molar-refractivity contribution in [1.82, 2.24) is 10.6 Å². The lowest BCUT2D eigenvalue weighted by molar-refractivity contribution is -0.120. The molecule has 4 rings (SSSR count). The molecule has 0 aromatic heterocycles. The Hall–Kier alpha value is -3.80. The van der Waals surface area contributed by atoms with Crippen LogP contribution >= 0.6 is 0 Å². The van der Waals surface area contributed by atoms with E-state index in [0.29, 0.717) is 17.1 Å². The molecule has 0 fully saturated rings. The second kappa shape index (κ2) is 8.69. The van der Waals surface area contributed by atoms with Crippen LogP contribution in [0.4, 0.5) is 0 Å². The lowest BCUT2D eigenvalue weighted by atomic mass is 10.0. The number of carbonyl (C=O) groups excluding carboxylic acids is 2. The lowest BCUT2D eigenvalue weighted by Crippen LogP contribution is -2.38. The molecule has 1 heterocycles. The number of nitrogens with one attached hydrogen (secondary N) is 2. The molecule has 2 N–H and O–H groups in total. The van der Waals surface area contributed by atoms with Crippen LogP contribution in [-0.2, 0) is 4.79 Å². The average molecular weight is 402 g/mol. The van der Waals surface area contributed by atoms with Crippen molar-refractivity contribution in [3.8, 4) is 22.6 Å². The lowest BCUT2D eigenvalue weighted by Gasteiger charge is -2.15. The van der Waals surface area contributed by atoms with Crippen molar-refractivity contribution in [2.45, 2.75) is 13.0 Å². The summed E-state index contributed by atoms with van der Waals surface area (Å²) in [5.41, 5.74) is 3.67. The van der Waals surface area contributed by atoms with E-state index in [9.17, 15) is 9.59 Å². The summed E-state index contributed by atoms with van der Waals surface area (Å²) in [7, 11) is 0. The average Bonchev–Trinajstić information content (AvgIpc) is 3.26. The Morgan fingerprint density at radius 2 is 1.60 bits per heavy atom. The molecule has 2 amide bonds. The van der Waals surface area contributed by atoms with Gasteiger partial charge >= 0.3 is 0 Å². The van der Waals surface area contributed by atoms with Gasteiger partial charge < -0.3 is 20.1 Å². The molecule has 0 spiro atoms. The van der Waals surface area contributed by atoms with Crippen LogP contribution in [0.25, 0.3) is 11.1 Å². The maximum atomic E-state index is 12.3. The normalized spacial score (nSPS) is 12.8. The first-order chi connectivity index (χ1) is 14.6. The van der Waals surface area contributed by atoms with E-state index >= 15 is 0 Å². The van der Waals surface area contributed by atoms with Crippen LogP contribution in [0.1, 0.15) is 28.9 Å². The van der Waals surface area contributed by atoms with Crippen LogP contribution in [-0.4, -0.2) is 25.2 Å². The molecule has 6 heteroatoms. The number of ether oxygens (including phenoxy) is 2. The largest absolute Gasteiger partial charge is 0.454 e.